The molecule has 2 aromatic rings. The molecule has 1 aromatic heterocycles. The third-order valence-electron chi connectivity index (χ3n) is 6.94. The van der Waals surface area contributed by atoms with Crippen LogP contribution in [0.4, 0.5) is 4.39 Å². The van der Waals surface area contributed by atoms with Gasteiger partial charge in [0.15, 0.2) is 0 Å². The Morgan fingerprint density at radius 2 is 2.10 bits per heavy atom. The number of aromatic nitrogens is 1. The van der Waals surface area contributed by atoms with Crippen molar-refractivity contribution in [3.63, 3.8) is 0 Å². The Kier molecular flexibility index (Phi) is 4.19. The number of hydrogen-bond donors (Lipinski definition) is 0. The second-order valence-corrected chi connectivity index (χ2v) is 9.17. The molecule has 0 amide bonds. The lowest BCUT2D eigenvalue weighted by Crippen LogP contribution is -2.13. The van der Waals surface area contributed by atoms with Crippen LogP contribution in [0.1, 0.15) is 60.9 Å². The predicted octanol–water partition coefficient (Wildman–Crippen LogP) is 4.47. The molecule has 0 bridgehead atoms. The van der Waals surface area contributed by atoms with Crippen molar-refractivity contribution in [2.24, 2.45) is 11.8 Å². The zero-order valence-corrected chi connectivity index (χ0v) is 17.1. The SMILES string of the molecule is CCOC(=O)C1C2Cc3cc(OCc4cc5c(cc4F)C(C)(C)CC5)ncc3C21. The molecule has 0 saturated heterocycles. The van der Waals surface area contributed by atoms with Crippen LogP contribution in [0.5, 0.6) is 5.88 Å². The average Bonchev–Trinajstić information content (AvgIpc) is 3.15. The van der Waals surface area contributed by atoms with Gasteiger partial charge in [-0.1, -0.05) is 13.8 Å². The minimum absolute atomic E-state index is 0.0132. The van der Waals surface area contributed by atoms with E-state index in [-0.39, 0.29) is 35.6 Å². The van der Waals surface area contributed by atoms with Crippen molar-refractivity contribution in [3.05, 3.63) is 58.0 Å². The fourth-order valence-electron chi connectivity index (χ4n) is 5.26. The number of rotatable bonds is 5. The summed E-state index contributed by atoms with van der Waals surface area (Å²) in [6.45, 7) is 6.76. The highest BCUT2D eigenvalue weighted by Gasteiger charge is 2.60. The van der Waals surface area contributed by atoms with Crippen LogP contribution in [-0.2, 0) is 34.4 Å². The van der Waals surface area contributed by atoms with Gasteiger partial charge in [-0.05, 0) is 71.9 Å². The van der Waals surface area contributed by atoms with Crippen molar-refractivity contribution < 1.29 is 18.7 Å². The molecule has 29 heavy (non-hydrogen) atoms. The molecule has 3 unspecified atom stereocenters. The Morgan fingerprint density at radius 3 is 2.90 bits per heavy atom. The van der Waals surface area contributed by atoms with E-state index < -0.39 is 0 Å². The van der Waals surface area contributed by atoms with E-state index >= 15 is 0 Å². The molecule has 0 radical (unpaired) electrons. The van der Waals surface area contributed by atoms with Crippen molar-refractivity contribution in [3.8, 4) is 5.88 Å². The molecule has 1 aromatic carbocycles. The quantitative estimate of drug-likeness (QED) is 0.701. The maximum atomic E-state index is 14.6. The lowest BCUT2D eigenvalue weighted by Gasteiger charge is -2.19. The van der Waals surface area contributed by atoms with Crippen LogP contribution >= 0.6 is 0 Å². The number of carbonyl (C=O) groups excluding carboxylic acids is 1. The van der Waals surface area contributed by atoms with Crippen LogP contribution in [-0.4, -0.2) is 17.6 Å². The number of fused-ring (bicyclic) bond motifs is 4. The Labute approximate surface area is 170 Å². The van der Waals surface area contributed by atoms with E-state index in [1.54, 1.807) is 6.07 Å². The zero-order valence-electron chi connectivity index (χ0n) is 17.1. The standard InChI is InChI=1S/C24H26FNO3/c1-4-28-23(27)22-16-8-14-9-20(26-11-17(14)21(16)22)29-12-15-7-13-5-6-24(2,3)18(13)10-19(15)25/h7,9-11,16,21-22H,4-6,8,12H2,1-3H3. The highest BCUT2D eigenvalue weighted by molar-refractivity contribution is 5.79. The van der Waals surface area contributed by atoms with Gasteiger partial charge in [-0.15, -0.1) is 0 Å². The second-order valence-electron chi connectivity index (χ2n) is 9.17. The third kappa shape index (κ3) is 3.02. The highest BCUT2D eigenvalue weighted by atomic mass is 19.1. The van der Waals surface area contributed by atoms with Crippen LogP contribution < -0.4 is 4.74 Å². The summed E-state index contributed by atoms with van der Waals surface area (Å²) in [4.78, 5) is 16.4. The van der Waals surface area contributed by atoms with Crippen molar-refractivity contribution in [1.29, 1.82) is 0 Å². The smallest absolute Gasteiger partial charge is 0.309 e. The van der Waals surface area contributed by atoms with Gasteiger partial charge >= 0.3 is 5.97 Å². The number of esters is 1. The fraction of sp³-hybridized carbons (Fsp3) is 0.500. The molecule has 1 heterocycles. The lowest BCUT2D eigenvalue weighted by atomic mass is 9.86. The predicted molar refractivity (Wildman–Crippen MR) is 106 cm³/mol. The maximum absolute atomic E-state index is 14.6. The number of pyridine rings is 1. The normalized spacial score (nSPS) is 25.2. The summed E-state index contributed by atoms with van der Waals surface area (Å²) in [5, 5.41) is 0. The number of benzene rings is 1. The van der Waals surface area contributed by atoms with Gasteiger partial charge in [-0.2, -0.15) is 0 Å². The number of carbonyl (C=O) groups is 1. The minimum Gasteiger partial charge on any atom is -0.473 e. The largest absolute Gasteiger partial charge is 0.473 e. The molecular formula is C24H26FNO3. The average molecular weight is 395 g/mol. The minimum atomic E-state index is -0.210. The summed E-state index contributed by atoms with van der Waals surface area (Å²) in [6.07, 6.45) is 4.70. The van der Waals surface area contributed by atoms with Crippen LogP contribution in [0.25, 0.3) is 0 Å². The molecule has 0 aliphatic heterocycles. The zero-order chi connectivity index (χ0) is 20.3. The van der Waals surface area contributed by atoms with E-state index in [9.17, 15) is 9.18 Å². The summed E-state index contributed by atoms with van der Waals surface area (Å²) in [7, 11) is 0. The summed E-state index contributed by atoms with van der Waals surface area (Å²) < 4.78 is 25.6. The molecule has 5 heteroatoms. The first kappa shape index (κ1) is 18.6. The van der Waals surface area contributed by atoms with Gasteiger partial charge in [0.05, 0.1) is 12.5 Å². The van der Waals surface area contributed by atoms with E-state index in [1.807, 2.05) is 25.3 Å². The molecule has 152 valence electrons. The van der Waals surface area contributed by atoms with E-state index in [4.69, 9.17) is 9.47 Å². The van der Waals surface area contributed by atoms with Crippen LogP contribution in [0, 0.1) is 17.7 Å². The van der Waals surface area contributed by atoms with Crippen LogP contribution in [0.15, 0.2) is 24.4 Å². The lowest BCUT2D eigenvalue weighted by molar-refractivity contribution is -0.145. The number of ether oxygens (including phenoxy) is 2. The van der Waals surface area contributed by atoms with Crippen molar-refractivity contribution in [2.75, 3.05) is 6.61 Å². The van der Waals surface area contributed by atoms with Gasteiger partial charge < -0.3 is 9.47 Å². The molecule has 4 nitrogen and oxygen atoms in total. The Morgan fingerprint density at radius 1 is 1.28 bits per heavy atom. The first-order valence-corrected chi connectivity index (χ1v) is 10.5. The number of nitrogens with zero attached hydrogens (tertiary/aromatic N) is 1. The number of hydrogen-bond acceptors (Lipinski definition) is 4. The first-order valence-electron chi connectivity index (χ1n) is 10.5. The van der Waals surface area contributed by atoms with Gasteiger partial charge in [0, 0.05) is 23.7 Å². The molecule has 1 saturated carbocycles. The van der Waals surface area contributed by atoms with E-state index in [0.29, 0.717) is 24.0 Å². The molecule has 3 aliphatic rings. The van der Waals surface area contributed by atoms with Crippen LogP contribution in [0.3, 0.4) is 0 Å². The summed E-state index contributed by atoms with van der Waals surface area (Å²) in [6, 6.07) is 5.57. The molecule has 3 aliphatic carbocycles. The first-order chi connectivity index (χ1) is 13.9. The van der Waals surface area contributed by atoms with Crippen molar-refractivity contribution in [2.45, 2.75) is 58.0 Å². The van der Waals surface area contributed by atoms with Gasteiger partial charge in [0.1, 0.15) is 12.4 Å². The summed E-state index contributed by atoms with van der Waals surface area (Å²) >= 11 is 0. The number of halogens is 1. The van der Waals surface area contributed by atoms with Crippen molar-refractivity contribution >= 4 is 5.97 Å². The maximum Gasteiger partial charge on any atom is 0.309 e. The number of aryl methyl sites for hydroxylation is 1. The molecule has 0 N–H and O–H groups in total. The highest BCUT2D eigenvalue weighted by Crippen LogP contribution is 2.61. The van der Waals surface area contributed by atoms with Gasteiger partial charge in [-0.3, -0.25) is 4.79 Å². The topological polar surface area (TPSA) is 48.4 Å². The van der Waals surface area contributed by atoms with Gasteiger partial charge in [0.2, 0.25) is 5.88 Å². The van der Waals surface area contributed by atoms with E-state index in [2.05, 4.69) is 18.8 Å². The van der Waals surface area contributed by atoms with E-state index in [1.165, 1.54) is 11.1 Å². The molecular weight excluding hydrogens is 369 g/mol. The molecule has 1 fully saturated rings. The van der Waals surface area contributed by atoms with E-state index in [0.717, 1.165) is 30.4 Å². The second kappa shape index (κ2) is 6.54. The third-order valence-corrected chi connectivity index (χ3v) is 6.94. The summed E-state index contributed by atoms with van der Waals surface area (Å²) in [5.41, 5.74) is 5.27. The summed E-state index contributed by atoms with van der Waals surface area (Å²) in [5.74, 6) is 0.766. The fourth-order valence-corrected chi connectivity index (χ4v) is 5.26. The van der Waals surface area contributed by atoms with Crippen molar-refractivity contribution in [1.82, 2.24) is 4.98 Å². The van der Waals surface area contributed by atoms with Gasteiger partial charge in [0.25, 0.3) is 0 Å². The molecule has 0 spiro atoms. The molecule has 5 rings (SSSR count). The Bertz CT molecular complexity index is 1000. The van der Waals surface area contributed by atoms with Gasteiger partial charge in [-0.25, -0.2) is 9.37 Å². The Balaban J connectivity index is 1.28. The molecule has 3 atom stereocenters. The Hall–Kier alpha value is -2.43. The van der Waals surface area contributed by atoms with Crippen LogP contribution in [0.2, 0.25) is 0 Å². The monoisotopic (exact) mass is 395 g/mol.